The minimum absolute atomic E-state index is 0.0177. The number of rotatable bonds is 3. The van der Waals surface area contributed by atoms with Crippen molar-refractivity contribution in [2.45, 2.75) is 12.1 Å². The highest BCUT2D eigenvalue weighted by Crippen LogP contribution is 2.30. The second-order valence-corrected chi connectivity index (χ2v) is 3.92. The van der Waals surface area contributed by atoms with E-state index in [9.17, 15) is 9.90 Å². The number of anilines is 1. The van der Waals surface area contributed by atoms with Crippen LogP contribution in [0.5, 0.6) is 5.75 Å². The molecule has 1 aromatic rings. The van der Waals surface area contributed by atoms with Crippen LogP contribution in [0, 0.1) is 0 Å². The average Bonchev–Trinajstić information content (AvgIpc) is 2.36. The van der Waals surface area contributed by atoms with Gasteiger partial charge in [0.05, 0.1) is 17.8 Å². The molecule has 6 N–H and O–H groups in total. The lowest BCUT2D eigenvalue weighted by Crippen LogP contribution is -2.33. The molecule has 0 aliphatic carbocycles. The van der Waals surface area contributed by atoms with E-state index in [-0.39, 0.29) is 19.1 Å². The molecule has 1 amide bonds. The van der Waals surface area contributed by atoms with Gasteiger partial charge in [0, 0.05) is 6.54 Å². The maximum Gasteiger partial charge on any atom is 0.262 e. The van der Waals surface area contributed by atoms with Crippen molar-refractivity contribution in [2.24, 2.45) is 11.5 Å². The van der Waals surface area contributed by atoms with E-state index < -0.39 is 12.1 Å². The Kier molecular flexibility index (Phi) is 3.28. The van der Waals surface area contributed by atoms with Crippen molar-refractivity contribution in [3.63, 3.8) is 0 Å². The maximum absolute atomic E-state index is 11.2. The third-order valence-corrected chi connectivity index (χ3v) is 2.68. The van der Waals surface area contributed by atoms with Gasteiger partial charge in [-0.2, -0.15) is 0 Å². The molecule has 1 aliphatic rings. The van der Waals surface area contributed by atoms with Crippen LogP contribution in [0.15, 0.2) is 18.2 Å². The second kappa shape index (κ2) is 4.70. The zero-order valence-electron chi connectivity index (χ0n) is 9.22. The highest BCUT2D eigenvalue weighted by molar-refractivity contribution is 5.95. The van der Waals surface area contributed by atoms with Gasteiger partial charge in [0.2, 0.25) is 0 Å². The van der Waals surface area contributed by atoms with Crippen molar-refractivity contribution in [1.82, 2.24) is 0 Å². The number of carbonyl (C=O) groups is 1. The summed E-state index contributed by atoms with van der Waals surface area (Å²) in [4.78, 5) is 11.2. The number of nitrogens with two attached hydrogens (primary N) is 2. The molecule has 2 rings (SSSR count). The highest BCUT2D eigenvalue weighted by Gasteiger charge is 2.20. The van der Waals surface area contributed by atoms with Gasteiger partial charge < -0.3 is 26.6 Å². The summed E-state index contributed by atoms with van der Waals surface area (Å²) in [6.45, 7) is 0.102. The van der Waals surface area contributed by atoms with Crippen molar-refractivity contribution in [1.29, 1.82) is 0 Å². The van der Waals surface area contributed by atoms with E-state index in [1.165, 1.54) is 0 Å². The molecule has 1 aliphatic heterocycles. The lowest BCUT2D eigenvalue weighted by atomic mass is 10.0. The van der Waals surface area contributed by atoms with E-state index in [4.69, 9.17) is 16.2 Å². The van der Waals surface area contributed by atoms with E-state index in [1.54, 1.807) is 18.2 Å². The Labute approximate surface area is 98.5 Å². The predicted molar refractivity (Wildman–Crippen MR) is 62.6 cm³/mol. The van der Waals surface area contributed by atoms with Crippen LogP contribution in [-0.4, -0.2) is 30.3 Å². The Balaban J connectivity index is 2.26. The molecule has 0 aromatic heterocycles. The Morgan fingerprint density at radius 1 is 1.53 bits per heavy atom. The fourth-order valence-electron chi connectivity index (χ4n) is 1.68. The van der Waals surface area contributed by atoms with Crippen molar-refractivity contribution in [3.8, 4) is 5.75 Å². The summed E-state index contributed by atoms with van der Waals surface area (Å²) >= 11 is 0. The highest BCUT2D eigenvalue weighted by atomic mass is 16.5. The minimum atomic E-state index is -0.812. The van der Waals surface area contributed by atoms with E-state index >= 15 is 0 Å². The summed E-state index contributed by atoms with van der Waals surface area (Å²) in [6.07, 6.45) is -0.812. The number of hydrogen-bond donors (Lipinski definition) is 4. The molecule has 6 heteroatoms. The zero-order valence-corrected chi connectivity index (χ0v) is 9.22. The normalized spacial score (nSPS) is 17.7. The summed E-state index contributed by atoms with van der Waals surface area (Å²) in [5.74, 6) is 0.394. The molecule has 0 spiro atoms. The molecule has 92 valence electrons. The molecular formula is C11H15N3O3. The zero-order chi connectivity index (χ0) is 12.4. The van der Waals surface area contributed by atoms with Crippen LogP contribution in [0.25, 0.3) is 0 Å². The van der Waals surface area contributed by atoms with Crippen molar-refractivity contribution < 1.29 is 14.6 Å². The van der Waals surface area contributed by atoms with Crippen LogP contribution >= 0.6 is 0 Å². The third kappa shape index (κ3) is 2.38. The van der Waals surface area contributed by atoms with Crippen LogP contribution in [0.2, 0.25) is 0 Å². The first kappa shape index (κ1) is 11.8. The number of fused-ring (bicyclic) bond motifs is 1. The Morgan fingerprint density at radius 2 is 2.29 bits per heavy atom. The van der Waals surface area contributed by atoms with Crippen molar-refractivity contribution >= 4 is 11.6 Å². The molecule has 6 nitrogen and oxygen atoms in total. The number of hydrogen-bond acceptors (Lipinski definition) is 5. The van der Waals surface area contributed by atoms with E-state index in [1.807, 2.05) is 0 Å². The van der Waals surface area contributed by atoms with Gasteiger partial charge in [0.25, 0.3) is 5.91 Å². The number of carbonyl (C=O) groups excluding carboxylic acids is 1. The quantitative estimate of drug-likeness (QED) is 0.557. The Hall–Kier alpha value is -1.63. The van der Waals surface area contributed by atoms with E-state index in [0.717, 1.165) is 0 Å². The first-order valence-corrected chi connectivity index (χ1v) is 5.32. The molecule has 1 heterocycles. The molecule has 0 saturated heterocycles. The smallest absolute Gasteiger partial charge is 0.262 e. The number of amides is 1. The standard InChI is InChI=1S/C11H15N3O3/c12-4-8(15)11(13)6-1-2-9-7(3-6)14-10(16)5-17-9/h1-3,8,11,15H,4-5,12-13H2,(H,14,16). The summed E-state index contributed by atoms with van der Waals surface area (Å²) in [5, 5.41) is 12.2. The molecule has 0 bridgehead atoms. The molecule has 17 heavy (non-hydrogen) atoms. The third-order valence-electron chi connectivity index (χ3n) is 2.68. The van der Waals surface area contributed by atoms with Gasteiger partial charge in [0.15, 0.2) is 6.61 Å². The molecule has 0 radical (unpaired) electrons. The van der Waals surface area contributed by atoms with Gasteiger partial charge >= 0.3 is 0 Å². The minimum Gasteiger partial charge on any atom is -0.482 e. The number of nitrogens with one attached hydrogen (secondary N) is 1. The van der Waals surface area contributed by atoms with Crippen molar-refractivity contribution in [2.75, 3.05) is 18.5 Å². The first-order chi connectivity index (χ1) is 8.11. The maximum atomic E-state index is 11.2. The van der Waals surface area contributed by atoms with E-state index in [0.29, 0.717) is 17.0 Å². The predicted octanol–water partition coefficient (Wildman–Crippen LogP) is -0.663. The topological polar surface area (TPSA) is 111 Å². The van der Waals surface area contributed by atoms with Gasteiger partial charge in [-0.15, -0.1) is 0 Å². The molecule has 0 fully saturated rings. The molecule has 1 aromatic carbocycles. The lowest BCUT2D eigenvalue weighted by Gasteiger charge is -2.22. The number of benzene rings is 1. The number of ether oxygens (including phenoxy) is 1. The van der Waals surface area contributed by atoms with Gasteiger partial charge in [-0.25, -0.2) is 0 Å². The van der Waals surface area contributed by atoms with Gasteiger partial charge in [-0.05, 0) is 17.7 Å². The van der Waals surface area contributed by atoms with Gasteiger partial charge in [-0.3, -0.25) is 4.79 Å². The first-order valence-electron chi connectivity index (χ1n) is 5.32. The van der Waals surface area contributed by atoms with Crippen LogP contribution in [0.1, 0.15) is 11.6 Å². The fourth-order valence-corrected chi connectivity index (χ4v) is 1.68. The molecule has 2 atom stereocenters. The van der Waals surface area contributed by atoms with Crippen LogP contribution in [0.3, 0.4) is 0 Å². The summed E-state index contributed by atoms with van der Waals surface area (Å²) in [5.41, 5.74) is 12.4. The van der Waals surface area contributed by atoms with Gasteiger partial charge in [-0.1, -0.05) is 6.07 Å². The second-order valence-electron chi connectivity index (χ2n) is 3.92. The summed E-state index contributed by atoms with van der Waals surface area (Å²) in [6, 6.07) is 4.58. The average molecular weight is 237 g/mol. The van der Waals surface area contributed by atoms with E-state index in [2.05, 4.69) is 5.32 Å². The SMILES string of the molecule is NCC(O)C(N)c1ccc2c(c1)NC(=O)CO2. The molecular weight excluding hydrogens is 222 g/mol. The molecule has 2 unspecified atom stereocenters. The Bertz CT molecular complexity index is 436. The van der Waals surface area contributed by atoms with Crippen LogP contribution in [0.4, 0.5) is 5.69 Å². The van der Waals surface area contributed by atoms with Gasteiger partial charge in [0.1, 0.15) is 5.75 Å². The van der Waals surface area contributed by atoms with Crippen molar-refractivity contribution in [3.05, 3.63) is 23.8 Å². The Morgan fingerprint density at radius 3 is 3.00 bits per heavy atom. The summed E-state index contributed by atoms with van der Waals surface area (Å²) < 4.78 is 5.22. The number of aliphatic hydroxyl groups is 1. The largest absolute Gasteiger partial charge is 0.482 e. The number of aliphatic hydroxyl groups excluding tert-OH is 1. The fraction of sp³-hybridized carbons (Fsp3) is 0.364. The monoisotopic (exact) mass is 237 g/mol. The molecule has 0 saturated carbocycles. The van der Waals surface area contributed by atoms with Crippen LogP contribution in [-0.2, 0) is 4.79 Å². The van der Waals surface area contributed by atoms with Crippen LogP contribution < -0.4 is 21.5 Å². The lowest BCUT2D eigenvalue weighted by molar-refractivity contribution is -0.118. The summed E-state index contributed by atoms with van der Waals surface area (Å²) in [7, 11) is 0.